The van der Waals surface area contributed by atoms with Crippen molar-refractivity contribution < 1.29 is 14.0 Å². The number of nitrogens with zero attached hydrogens (tertiary/aromatic N) is 3. The number of hydrogen-bond acceptors (Lipinski definition) is 6. The molecule has 1 aromatic carbocycles. The monoisotopic (exact) mass is 457 g/mol. The molecule has 0 bridgehead atoms. The Morgan fingerprint density at radius 3 is 2.61 bits per heavy atom. The standard InChI is InChI=1S/C23H32FN7O2/c1-4-6-15(7-5-2)21(32)26-19-12-14(3)29-31(19)23-27-20-18(22(33)28-23)13-25-30(20)17-10-8-16(24)9-11-17/h8-12,15,18,20,23,25,27H,4-7,13H2,1-3H3,(H,26,32)(H,28,33). The van der Waals surface area contributed by atoms with Gasteiger partial charge < -0.3 is 10.6 Å². The normalized spacial score (nSPS) is 22.4. The first-order valence-electron chi connectivity index (χ1n) is 11.6. The van der Waals surface area contributed by atoms with Crippen LogP contribution >= 0.6 is 0 Å². The molecule has 2 aromatic rings. The molecule has 2 amide bonds. The molecule has 2 aliphatic heterocycles. The molecule has 0 saturated carbocycles. The Morgan fingerprint density at radius 2 is 1.94 bits per heavy atom. The molecule has 0 spiro atoms. The molecule has 4 rings (SSSR count). The third-order valence-electron chi connectivity index (χ3n) is 6.19. The van der Waals surface area contributed by atoms with Gasteiger partial charge in [-0.25, -0.2) is 14.5 Å². The summed E-state index contributed by atoms with van der Waals surface area (Å²) < 4.78 is 15.0. The van der Waals surface area contributed by atoms with Gasteiger partial charge in [0.05, 0.1) is 17.3 Å². The van der Waals surface area contributed by atoms with Crippen molar-refractivity contribution >= 4 is 23.3 Å². The summed E-state index contributed by atoms with van der Waals surface area (Å²) in [5, 5.41) is 15.8. The highest BCUT2D eigenvalue weighted by molar-refractivity contribution is 5.92. The number of hydrazine groups is 1. The van der Waals surface area contributed by atoms with Crippen molar-refractivity contribution in [1.29, 1.82) is 0 Å². The summed E-state index contributed by atoms with van der Waals surface area (Å²) in [6.45, 7) is 6.44. The predicted octanol–water partition coefficient (Wildman–Crippen LogP) is 2.63. The van der Waals surface area contributed by atoms with E-state index in [0.29, 0.717) is 12.4 Å². The first-order chi connectivity index (χ1) is 15.9. The summed E-state index contributed by atoms with van der Waals surface area (Å²) in [4.78, 5) is 25.8. The maximum Gasteiger partial charge on any atom is 0.230 e. The molecule has 2 aliphatic rings. The molecule has 10 heteroatoms. The maximum absolute atomic E-state index is 13.4. The van der Waals surface area contributed by atoms with Gasteiger partial charge in [-0.05, 0) is 44.0 Å². The minimum Gasteiger partial charge on any atom is -0.321 e. The van der Waals surface area contributed by atoms with Crippen LogP contribution in [-0.2, 0) is 9.59 Å². The fourth-order valence-corrected chi connectivity index (χ4v) is 4.58. The lowest BCUT2D eigenvalue weighted by atomic mass is 9.97. The summed E-state index contributed by atoms with van der Waals surface area (Å²) in [6.07, 6.45) is 2.51. The van der Waals surface area contributed by atoms with Crippen molar-refractivity contribution in [3.63, 3.8) is 0 Å². The summed E-state index contributed by atoms with van der Waals surface area (Å²) in [7, 11) is 0. The van der Waals surface area contributed by atoms with E-state index in [2.05, 4.69) is 40.3 Å². The molecule has 33 heavy (non-hydrogen) atoms. The lowest BCUT2D eigenvalue weighted by Crippen LogP contribution is -2.61. The third-order valence-corrected chi connectivity index (χ3v) is 6.19. The minimum absolute atomic E-state index is 0.0321. The quantitative estimate of drug-likeness (QED) is 0.486. The Kier molecular flexibility index (Phi) is 6.94. The Labute approximate surface area is 193 Å². The average Bonchev–Trinajstić information content (AvgIpc) is 3.37. The fraction of sp³-hybridized carbons (Fsp3) is 0.522. The zero-order valence-corrected chi connectivity index (χ0v) is 19.3. The number of nitrogens with one attached hydrogen (secondary N) is 4. The number of halogens is 1. The van der Waals surface area contributed by atoms with Gasteiger partial charge in [-0.3, -0.25) is 19.9 Å². The van der Waals surface area contributed by atoms with E-state index in [9.17, 15) is 14.0 Å². The van der Waals surface area contributed by atoms with Gasteiger partial charge in [0.1, 0.15) is 17.8 Å². The van der Waals surface area contributed by atoms with Gasteiger partial charge in [0, 0.05) is 18.5 Å². The van der Waals surface area contributed by atoms with Crippen molar-refractivity contribution in [2.45, 2.75) is 58.9 Å². The maximum atomic E-state index is 13.4. The van der Waals surface area contributed by atoms with Gasteiger partial charge in [-0.2, -0.15) is 5.10 Å². The van der Waals surface area contributed by atoms with Crippen molar-refractivity contribution in [3.8, 4) is 0 Å². The molecule has 3 unspecified atom stereocenters. The van der Waals surface area contributed by atoms with Crippen LogP contribution in [0.25, 0.3) is 0 Å². The molecular formula is C23H32FN7O2. The number of aryl methyl sites for hydroxylation is 1. The zero-order chi connectivity index (χ0) is 23.5. The lowest BCUT2D eigenvalue weighted by Gasteiger charge is -2.37. The number of hydrogen-bond donors (Lipinski definition) is 4. The van der Waals surface area contributed by atoms with Gasteiger partial charge in [0.2, 0.25) is 11.8 Å². The molecule has 9 nitrogen and oxygen atoms in total. The van der Waals surface area contributed by atoms with E-state index < -0.39 is 6.29 Å². The zero-order valence-electron chi connectivity index (χ0n) is 19.3. The van der Waals surface area contributed by atoms with Crippen LogP contribution in [0, 0.1) is 24.6 Å². The highest BCUT2D eigenvalue weighted by Crippen LogP contribution is 2.28. The van der Waals surface area contributed by atoms with E-state index >= 15 is 0 Å². The second-order valence-corrected chi connectivity index (χ2v) is 8.72. The van der Waals surface area contributed by atoms with Crippen LogP contribution in [0.3, 0.4) is 0 Å². The Hall–Kier alpha value is -2.98. The smallest absolute Gasteiger partial charge is 0.230 e. The van der Waals surface area contributed by atoms with E-state index in [1.54, 1.807) is 22.9 Å². The molecule has 3 atom stereocenters. The largest absolute Gasteiger partial charge is 0.321 e. The highest BCUT2D eigenvalue weighted by atomic mass is 19.1. The number of amides is 2. The Balaban J connectivity index is 1.55. The number of rotatable bonds is 8. The number of carbonyl (C=O) groups is 2. The van der Waals surface area contributed by atoms with Crippen molar-refractivity contribution in [2.75, 3.05) is 16.9 Å². The summed E-state index contributed by atoms with van der Waals surface area (Å²) in [5.41, 5.74) is 4.69. The van der Waals surface area contributed by atoms with E-state index in [-0.39, 0.29) is 35.6 Å². The molecule has 1 aromatic heterocycles. The van der Waals surface area contributed by atoms with E-state index in [0.717, 1.165) is 37.1 Å². The molecule has 0 radical (unpaired) electrons. The Morgan fingerprint density at radius 1 is 1.24 bits per heavy atom. The number of fused-ring (bicyclic) bond motifs is 1. The Bertz CT molecular complexity index is 987. The van der Waals surface area contributed by atoms with E-state index in [1.807, 2.05) is 11.9 Å². The van der Waals surface area contributed by atoms with Crippen LogP contribution in [-0.4, -0.2) is 34.3 Å². The molecule has 0 aliphatic carbocycles. The van der Waals surface area contributed by atoms with Gasteiger partial charge in [-0.1, -0.05) is 26.7 Å². The van der Waals surface area contributed by atoms with Crippen LogP contribution in [0.5, 0.6) is 0 Å². The van der Waals surface area contributed by atoms with E-state index in [4.69, 9.17) is 0 Å². The van der Waals surface area contributed by atoms with Crippen LogP contribution < -0.4 is 26.4 Å². The minimum atomic E-state index is -0.651. The first kappa shape index (κ1) is 23.2. The second-order valence-electron chi connectivity index (χ2n) is 8.72. The SMILES string of the molecule is CCCC(CCC)C(=O)Nc1cc(C)nn1C1NC(=O)C2CNN(c3ccc(F)cc3)C2N1. The summed E-state index contributed by atoms with van der Waals surface area (Å²) in [6, 6.07) is 7.91. The van der Waals surface area contributed by atoms with Gasteiger partial charge in [0.15, 0.2) is 6.29 Å². The second kappa shape index (κ2) is 9.88. The third kappa shape index (κ3) is 4.86. The molecule has 4 N–H and O–H groups in total. The lowest BCUT2D eigenvalue weighted by molar-refractivity contribution is -0.129. The number of benzene rings is 1. The first-order valence-corrected chi connectivity index (χ1v) is 11.6. The van der Waals surface area contributed by atoms with Crippen LogP contribution in [0.2, 0.25) is 0 Å². The van der Waals surface area contributed by atoms with E-state index in [1.165, 1.54) is 12.1 Å². The number of carbonyl (C=O) groups excluding carboxylic acids is 2. The predicted molar refractivity (Wildman–Crippen MR) is 123 cm³/mol. The summed E-state index contributed by atoms with van der Waals surface area (Å²) in [5.74, 6) is -0.338. The molecule has 2 fully saturated rings. The average molecular weight is 458 g/mol. The van der Waals surface area contributed by atoms with Crippen LogP contribution in [0.4, 0.5) is 15.9 Å². The molecular weight excluding hydrogens is 425 g/mol. The van der Waals surface area contributed by atoms with Crippen molar-refractivity contribution in [3.05, 3.63) is 41.8 Å². The van der Waals surface area contributed by atoms with Crippen LogP contribution in [0.15, 0.2) is 30.3 Å². The van der Waals surface area contributed by atoms with Crippen LogP contribution in [0.1, 0.15) is 51.5 Å². The number of anilines is 2. The molecule has 178 valence electrons. The van der Waals surface area contributed by atoms with Gasteiger partial charge in [-0.15, -0.1) is 0 Å². The van der Waals surface area contributed by atoms with Crippen molar-refractivity contribution in [1.82, 2.24) is 25.8 Å². The molecule has 3 heterocycles. The van der Waals surface area contributed by atoms with Gasteiger partial charge >= 0.3 is 0 Å². The van der Waals surface area contributed by atoms with Crippen molar-refractivity contribution in [2.24, 2.45) is 11.8 Å². The number of aromatic nitrogens is 2. The highest BCUT2D eigenvalue weighted by Gasteiger charge is 2.45. The van der Waals surface area contributed by atoms with Gasteiger partial charge in [0.25, 0.3) is 0 Å². The fourth-order valence-electron chi connectivity index (χ4n) is 4.58. The topological polar surface area (TPSA) is 103 Å². The summed E-state index contributed by atoms with van der Waals surface area (Å²) >= 11 is 0. The molecule has 2 saturated heterocycles.